The van der Waals surface area contributed by atoms with E-state index in [4.69, 9.17) is 0 Å². The summed E-state index contributed by atoms with van der Waals surface area (Å²) >= 11 is 0. The quantitative estimate of drug-likeness (QED) is 0.791. The molecule has 0 unspecified atom stereocenters. The average molecular weight is 220 g/mol. The topological polar surface area (TPSA) is 62.5 Å². The second kappa shape index (κ2) is 4.19. The zero-order valence-electron chi connectivity index (χ0n) is 9.51. The molecule has 0 spiro atoms. The van der Waals surface area contributed by atoms with E-state index in [-0.39, 0.29) is 0 Å². The molecule has 2 N–H and O–H groups in total. The van der Waals surface area contributed by atoms with Crippen LogP contribution in [0, 0.1) is 0 Å². The molecule has 0 aliphatic rings. The number of nitrogens with one attached hydrogen (secondary N) is 1. The fourth-order valence-corrected chi connectivity index (χ4v) is 1.52. The molecule has 2 aromatic rings. The van der Waals surface area contributed by atoms with Gasteiger partial charge in [-0.25, -0.2) is 4.98 Å². The predicted molar refractivity (Wildman–Crippen MR) is 61.0 cm³/mol. The van der Waals surface area contributed by atoms with Crippen molar-refractivity contribution in [1.29, 1.82) is 0 Å². The lowest BCUT2D eigenvalue weighted by Crippen LogP contribution is -2.34. The predicted octanol–water partition coefficient (Wildman–Crippen LogP) is 0.590. The normalized spacial score (nSPS) is 12.2. The minimum absolute atomic E-state index is 0.547. The number of hydrogen-bond donors (Lipinski definition) is 2. The van der Waals surface area contributed by atoms with Gasteiger partial charge in [-0.2, -0.15) is 0 Å². The Labute approximate surface area is 94.2 Å². The number of nitrogens with zero attached hydrogens (tertiary/aromatic N) is 3. The minimum Gasteiger partial charge on any atom is -0.389 e. The lowest BCUT2D eigenvalue weighted by molar-refractivity contribution is 0.0794. The fraction of sp³-hybridized carbons (Fsp3) is 0.455. The van der Waals surface area contributed by atoms with Crippen LogP contribution in [0.3, 0.4) is 0 Å². The molecule has 0 aliphatic heterocycles. The highest BCUT2D eigenvalue weighted by atomic mass is 16.3. The largest absolute Gasteiger partial charge is 0.389 e. The highest BCUT2D eigenvalue weighted by Crippen LogP contribution is 2.05. The van der Waals surface area contributed by atoms with Gasteiger partial charge in [-0.3, -0.25) is 9.38 Å². The van der Waals surface area contributed by atoms with E-state index in [1.54, 1.807) is 26.2 Å². The Morgan fingerprint density at radius 1 is 1.44 bits per heavy atom. The van der Waals surface area contributed by atoms with Crippen LogP contribution in [-0.4, -0.2) is 31.6 Å². The van der Waals surface area contributed by atoms with Gasteiger partial charge in [0.2, 0.25) is 0 Å². The van der Waals surface area contributed by atoms with Gasteiger partial charge >= 0.3 is 0 Å². The molecule has 5 nitrogen and oxygen atoms in total. The molecule has 5 heteroatoms. The van der Waals surface area contributed by atoms with Gasteiger partial charge in [0.05, 0.1) is 23.7 Å². The molecule has 0 atom stereocenters. The maximum absolute atomic E-state index is 9.56. The molecule has 0 amide bonds. The molecule has 0 saturated carbocycles. The molecule has 0 saturated heterocycles. The van der Waals surface area contributed by atoms with Gasteiger partial charge < -0.3 is 10.4 Å². The van der Waals surface area contributed by atoms with Crippen LogP contribution in [0.4, 0.5) is 0 Å². The number of fused-ring (bicyclic) bond motifs is 1. The van der Waals surface area contributed by atoms with Crippen LogP contribution in [0.2, 0.25) is 0 Å². The summed E-state index contributed by atoms with van der Waals surface area (Å²) in [6.45, 7) is 4.78. The Bertz CT molecular complexity index is 472. The van der Waals surface area contributed by atoms with Gasteiger partial charge in [-0.05, 0) is 13.8 Å². The molecule has 0 radical (unpaired) electrons. The van der Waals surface area contributed by atoms with Crippen molar-refractivity contribution in [2.45, 2.75) is 26.0 Å². The molecule has 0 bridgehead atoms. The van der Waals surface area contributed by atoms with E-state index in [1.807, 2.05) is 16.8 Å². The van der Waals surface area contributed by atoms with E-state index in [1.165, 1.54) is 0 Å². The van der Waals surface area contributed by atoms with E-state index in [2.05, 4.69) is 15.3 Å². The van der Waals surface area contributed by atoms with Crippen LogP contribution in [-0.2, 0) is 6.54 Å². The lowest BCUT2D eigenvalue weighted by atomic mass is 10.1. The Balaban J connectivity index is 2.05. The zero-order valence-corrected chi connectivity index (χ0v) is 9.51. The monoisotopic (exact) mass is 220 g/mol. The van der Waals surface area contributed by atoms with E-state index in [0.29, 0.717) is 13.1 Å². The fourth-order valence-electron chi connectivity index (χ4n) is 1.52. The van der Waals surface area contributed by atoms with Crippen molar-refractivity contribution >= 4 is 5.65 Å². The Hall–Kier alpha value is -1.46. The highest BCUT2D eigenvalue weighted by molar-refractivity contribution is 5.36. The van der Waals surface area contributed by atoms with Crippen LogP contribution in [0.1, 0.15) is 19.5 Å². The molecule has 2 rings (SSSR count). The number of imidazole rings is 1. The molecule has 16 heavy (non-hydrogen) atoms. The first kappa shape index (κ1) is 11.0. The molecule has 0 aliphatic carbocycles. The average Bonchev–Trinajstić information content (AvgIpc) is 2.60. The summed E-state index contributed by atoms with van der Waals surface area (Å²) in [7, 11) is 0. The molecule has 86 valence electrons. The first-order chi connectivity index (χ1) is 7.56. The summed E-state index contributed by atoms with van der Waals surface area (Å²) in [4.78, 5) is 8.23. The number of hydrogen-bond acceptors (Lipinski definition) is 4. The minimum atomic E-state index is -0.692. The van der Waals surface area contributed by atoms with Gasteiger partial charge in [0.15, 0.2) is 5.65 Å². The molecule has 2 aromatic heterocycles. The standard InChI is InChI=1S/C11H16N4O/c1-11(2,16)8-13-5-9-6-14-10-7-12-3-4-15(9)10/h3-4,6-7,13,16H,5,8H2,1-2H3. The SMILES string of the molecule is CC(C)(O)CNCc1cnc2cnccn12. The first-order valence-electron chi connectivity index (χ1n) is 5.25. The van der Waals surface area contributed by atoms with Crippen molar-refractivity contribution in [1.82, 2.24) is 19.7 Å². The number of rotatable bonds is 4. The van der Waals surface area contributed by atoms with Gasteiger partial charge in [0.25, 0.3) is 0 Å². The molecular weight excluding hydrogens is 204 g/mol. The Morgan fingerprint density at radius 2 is 2.25 bits per heavy atom. The third-order valence-corrected chi connectivity index (χ3v) is 2.26. The number of aliphatic hydroxyl groups is 1. The summed E-state index contributed by atoms with van der Waals surface area (Å²) in [6, 6.07) is 0. The molecule has 0 aromatic carbocycles. The summed E-state index contributed by atoms with van der Waals surface area (Å²) in [5.41, 5.74) is 1.20. The van der Waals surface area contributed by atoms with Gasteiger partial charge in [0, 0.05) is 25.5 Å². The van der Waals surface area contributed by atoms with Crippen LogP contribution in [0.5, 0.6) is 0 Å². The first-order valence-corrected chi connectivity index (χ1v) is 5.25. The van der Waals surface area contributed by atoms with Gasteiger partial charge in [0.1, 0.15) is 0 Å². The zero-order chi connectivity index (χ0) is 11.6. The second-order valence-electron chi connectivity index (χ2n) is 4.47. The van der Waals surface area contributed by atoms with E-state index < -0.39 is 5.60 Å². The van der Waals surface area contributed by atoms with Crippen LogP contribution in [0.15, 0.2) is 24.8 Å². The van der Waals surface area contributed by atoms with Crippen molar-refractivity contribution in [3.05, 3.63) is 30.5 Å². The highest BCUT2D eigenvalue weighted by Gasteiger charge is 2.11. The molecule has 0 fully saturated rings. The maximum atomic E-state index is 9.56. The van der Waals surface area contributed by atoms with Crippen LogP contribution in [0.25, 0.3) is 5.65 Å². The summed E-state index contributed by atoms with van der Waals surface area (Å²) in [6.07, 6.45) is 7.14. The smallest absolute Gasteiger partial charge is 0.155 e. The summed E-state index contributed by atoms with van der Waals surface area (Å²) in [5, 5.41) is 12.8. The van der Waals surface area contributed by atoms with Crippen molar-refractivity contribution in [3.8, 4) is 0 Å². The van der Waals surface area contributed by atoms with Crippen LogP contribution >= 0.6 is 0 Å². The van der Waals surface area contributed by atoms with Crippen molar-refractivity contribution in [2.24, 2.45) is 0 Å². The van der Waals surface area contributed by atoms with E-state index >= 15 is 0 Å². The molecular formula is C11H16N4O. The third-order valence-electron chi connectivity index (χ3n) is 2.26. The molecule has 2 heterocycles. The Kier molecular flexibility index (Phi) is 2.89. The number of aromatic nitrogens is 3. The Morgan fingerprint density at radius 3 is 3.00 bits per heavy atom. The van der Waals surface area contributed by atoms with Crippen molar-refractivity contribution in [2.75, 3.05) is 6.54 Å². The van der Waals surface area contributed by atoms with Gasteiger partial charge in [-0.1, -0.05) is 0 Å². The van der Waals surface area contributed by atoms with E-state index in [9.17, 15) is 5.11 Å². The summed E-state index contributed by atoms with van der Waals surface area (Å²) < 4.78 is 1.98. The van der Waals surface area contributed by atoms with Crippen molar-refractivity contribution in [3.63, 3.8) is 0 Å². The van der Waals surface area contributed by atoms with Crippen molar-refractivity contribution < 1.29 is 5.11 Å². The maximum Gasteiger partial charge on any atom is 0.155 e. The second-order valence-corrected chi connectivity index (χ2v) is 4.47. The van der Waals surface area contributed by atoms with Gasteiger partial charge in [-0.15, -0.1) is 0 Å². The van der Waals surface area contributed by atoms with Crippen LogP contribution < -0.4 is 5.32 Å². The third kappa shape index (κ3) is 2.56. The van der Waals surface area contributed by atoms with E-state index in [0.717, 1.165) is 11.3 Å². The lowest BCUT2D eigenvalue weighted by Gasteiger charge is -2.17. The summed E-state index contributed by atoms with van der Waals surface area (Å²) in [5.74, 6) is 0.